The first-order valence-corrected chi connectivity index (χ1v) is 6.76. The Kier molecular flexibility index (Phi) is 3.73. The molecule has 0 unspecified atom stereocenters. The maximum absolute atomic E-state index is 11.6. The van der Waals surface area contributed by atoms with E-state index in [1.54, 1.807) is 0 Å². The lowest BCUT2D eigenvalue weighted by Crippen LogP contribution is -2.20. The van der Waals surface area contributed by atoms with Crippen LogP contribution in [0, 0.1) is 11.3 Å². The summed E-state index contributed by atoms with van der Waals surface area (Å²) in [5.41, 5.74) is -0.827. The molecule has 2 heterocycles. The summed E-state index contributed by atoms with van der Waals surface area (Å²) in [6.07, 6.45) is 0. The van der Waals surface area contributed by atoms with Gasteiger partial charge in [-0.15, -0.1) is 23.1 Å². The van der Waals surface area contributed by atoms with Crippen LogP contribution >= 0.6 is 23.1 Å². The van der Waals surface area contributed by atoms with Gasteiger partial charge in [-0.1, -0.05) is 0 Å². The number of fused-ring (bicyclic) bond motifs is 1. The van der Waals surface area contributed by atoms with Gasteiger partial charge in [0, 0.05) is 0 Å². The highest BCUT2D eigenvalue weighted by atomic mass is 32.2. The van der Waals surface area contributed by atoms with E-state index in [0.29, 0.717) is 4.21 Å². The maximum Gasteiger partial charge on any atom is 0.326 e. The summed E-state index contributed by atoms with van der Waals surface area (Å²) in [5, 5.41) is 9.10. The molecule has 19 heavy (non-hydrogen) atoms. The highest BCUT2D eigenvalue weighted by molar-refractivity contribution is 8.01. The van der Waals surface area contributed by atoms with E-state index in [4.69, 9.17) is 5.26 Å². The minimum absolute atomic E-state index is 0.0279. The SMILES string of the molecule is COC(=O)CSc1sc2c(=O)[nH]c(=O)[nH]c2c1C#N. The number of aromatic nitrogens is 2. The van der Waals surface area contributed by atoms with Crippen molar-refractivity contribution in [1.29, 1.82) is 5.26 Å². The zero-order valence-electron chi connectivity index (χ0n) is 9.60. The summed E-state index contributed by atoms with van der Waals surface area (Å²) in [6, 6.07) is 1.93. The van der Waals surface area contributed by atoms with Crippen molar-refractivity contribution in [2.75, 3.05) is 12.9 Å². The van der Waals surface area contributed by atoms with E-state index in [1.165, 1.54) is 7.11 Å². The zero-order valence-corrected chi connectivity index (χ0v) is 11.2. The highest BCUT2D eigenvalue weighted by Crippen LogP contribution is 2.34. The second-order valence-corrected chi connectivity index (χ2v) is 5.62. The van der Waals surface area contributed by atoms with Gasteiger partial charge in [-0.25, -0.2) is 4.79 Å². The van der Waals surface area contributed by atoms with Gasteiger partial charge in [0.05, 0.1) is 22.6 Å². The summed E-state index contributed by atoms with van der Waals surface area (Å²) >= 11 is 2.15. The van der Waals surface area contributed by atoms with E-state index in [2.05, 4.69) is 14.7 Å². The molecule has 2 N–H and O–H groups in total. The van der Waals surface area contributed by atoms with Gasteiger partial charge in [-0.05, 0) is 0 Å². The number of rotatable bonds is 3. The van der Waals surface area contributed by atoms with Crippen molar-refractivity contribution in [1.82, 2.24) is 9.97 Å². The average Bonchev–Trinajstić information content (AvgIpc) is 2.73. The fourth-order valence-corrected chi connectivity index (χ4v) is 3.54. The monoisotopic (exact) mass is 297 g/mol. The van der Waals surface area contributed by atoms with Crippen LogP contribution in [0.25, 0.3) is 10.2 Å². The van der Waals surface area contributed by atoms with Crippen molar-refractivity contribution < 1.29 is 9.53 Å². The van der Waals surface area contributed by atoms with Crippen molar-refractivity contribution in [3.8, 4) is 6.07 Å². The van der Waals surface area contributed by atoms with Crippen molar-refractivity contribution in [3.63, 3.8) is 0 Å². The Morgan fingerprint density at radius 3 is 2.84 bits per heavy atom. The highest BCUT2D eigenvalue weighted by Gasteiger charge is 2.17. The normalized spacial score (nSPS) is 10.3. The molecule has 0 atom stereocenters. The lowest BCUT2D eigenvalue weighted by molar-refractivity contribution is -0.137. The maximum atomic E-state index is 11.6. The van der Waals surface area contributed by atoms with Crippen LogP contribution in [-0.2, 0) is 9.53 Å². The molecule has 2 aromatic rings. The zero-order chi connectivity index (χ0) is 14.0. The molecule has 0 aliphatic carbocycles. The van der Waals surface area contributed by atoms with Crippen molar-refractivity contribution >= 4 is 39.3 Å². The van der Waals surface area contributed by atoms with E-state index < -0.39 is 17.2 Å². The topological polar surface area (TPSA) is 116 Å². The number of methoxy groups -OCH3 is 1. The second-order valence-electron chi connectivity index (χ2n) is 3.35. The van der Waals surface area contributed by atoms with Crippen molar-refractivity contribution in [2.24, 2.45) is 0 Å². The van der Waals surface area contributed by atoms with E-state index >= 15 is 0 Å². The fourth-order valence-electron chi connectivity index (χ4n) is 1.38. The summed E-state index contributed by atoms with van der Waals surface area (Å²) in [5.74, 6) is -0.408. The third-order valence-corrected chi connectivity index (χ3v) is 4.64. The Labute approximate surface area is 114 Å². The lowest BCUT2D eigenvalue weighted by atomic mass is 10.3. The molecule has 0 aliphatic rings. The third-order valence-electron chi connectivity index (χ3n) is 2.21. The number of hydrogen-bond acceptors (Lipinski definition) is 7. The Bertz CT molecular complexity index is 796. The van der Waals surface area contributed by atoms with E-state index in [0.717, 1.165) is 23.1 Å². The quantitative estimate of drug-likeness (QED) is 0.626. The number of nitriles is 1. The average molecular weight is 297 g/mol. The number of aromatic amines is 2. The van der Waals surface area contributed by atoms with Crippen LogP contribution in [0.2, 0.25) is 0 Å². The third kappa shape index (κ3) is 2.54. The molecular formula is C10H7N3O4S2. The van der Waals surface area contributed by atoms with Crippen LogP contribution in [0.1, 0.15) is 5.56 Å². The van der Waals surface area contributed by atoms with Gasteiger partial charge in [0.2, 0.25) is 0 Å². The van der Waals surface area contributed by atoms with Gasteiger partial charge in [0.15, 0.2) is 0 Å². The largest absolute Gasteiger partial charge is 0.468 e. The number of H-pyrrole nitrogens is 2. The Balaban J connectivity index is 2.54. The van der Waals surface area contributed by atoms with Gasteiger partial charge in [-0.2, -0.15) is 5.26 Å². The Hall–Kier alpha value is -2.05. The molecule has 9 heteroatoms. The number of thiophene rings is 1. The first-order chi connectivity index (χ1) is 9.06. The molecule has 0 radical (unpaired) electrons. The first-order valence-electron chi connectivity index (χ1n) is 4.95. The fraction of sp³-hybridized carbons (Fsp3) is 0.200. The van der Waals surface area contributed by atoms with Gasteiger partial charge >= 0.3 is 11.7 Å². The van der Waals surface area contributed by atoms with Crippen LogP contribution in [-0.4, -0.2) is 28.8 Å². The molecule has 2 aromatic heterocycles. The van der Waals surface area contributed by atoms with Gasteiger partial charge in [-0.3, -0.25) is 14.6 Å². The van der Waals surface area contributed by atoms with E-state index in [1.807, 2.05) is 6.07 Å². The number of carbonyl (C=O) groups is 1. The van der Waals surface area contributed by atoms with Gasteiger partial charge < -0.3 is 9.72 Å². The van der Waals surface area contributed by atoms with Crippen molar-refractivity contribution in [2.45, 2.75) is 4.21 Å². The molecule has 98 valence electrons. The van der Waals surface area contributed by atoms with E-state index in [-0.39, 0.29) is 21.5 Å². The molecule has 0 spiro atoms. The van der Waals surface area contributed by atoms with Crippen LogP contribution in [0.4, 0.5) is 0 Å². The molecule has 0 aliphatic heterocycles. The smallest absolute Gasteiger partial charge is 0.326 e. The van der Waals surface area contributed by atoms with Crippen LogP contribution in [0.5, 0.6) is 0 Å². The van der Waals surface area contributed by atoms with Crippen LogP contribution in [0.3, 0.4) is 0 Å². The summed E-state index contributed by atoms with van der Waals surface area (Å²) in [7, 11) is 1.27. The van der Waals surface area contributed by atoms with Crippen molar-refractivity contribution in [3.05, 3.63) is 26.4 Å². The molecule has 0 fully saturated rings. The van der Waals surface area contributed by atoms with Crippen LogP contribution in [0.15, 0.2) is 13.8 Å². The predicted molar refractivity (Wildman–Crippen MR) is 70.5 cm³/mol. The summed E-state index contributed by atoms with van der Waals surface area (Å²) in [6.45, 7) is 0. The van der Waals surface area contributed by atoms with Gasteiger partial charge in [0.25, 0.3) is 5.56 Å². The van der Waals surface area contributed by atoms with Gasteiger partial charge in [0.1, 0.15) is 16.3 Å². The second kappa shape index (κ2) is 5.29. The number of thioether (sulfide) groups is 1. The lowest BCUT2D eigenvalue weighted by Gasteiger charge is -1.97. The standard InChI is InChI=1S/C10H7N3O4S2/c1-17-5(14)3-18-9-4(2-11)6-7(19-9)8(15)13-10(16)12-6/h3H2,1H3,(H2,12,13,15,16). The number of hydrogen-bond donors (Lipinski definition) is 2. The Morgan fingerprint density at radius 1 is 1.47 bits per heavy atom. The molecule has 0 aromatic carbocycles. The molecule has 0 bridgehead atoms. The number of ether oxygens (including phenoxy) is 1. The Morgan fingerprint density at radius 2 is 2.21 bits per heavy atom. The minimum Gasteiger partial charge on any atom is -0.468 e. The minimum atomic E-state index is -0.670. The molecule has 7 nitrogen and oxygen atoms in total. The number of esters is 1. The molecule has 2 rings (SSSR count). The number of carbonyl (C=O) groups excluding carboxylic acids is 1. The van der Waals surface area contributed by atoms with Crippen LogP contribution < -0.4 is 11.2 Å². The number of nitrogens with zero attached hydrogens (tertiary/aromatic N) is 1. The summed E-state index contributed by atoms with van der Waals surface area (Å²) < 4.78 is 5.25. The molecule has 0 amide bonds. The number of nitrogens with one attached hydrogen (secondary N) is 2. The predicted octanol–water partition coefficient (Wildman–Crippen LogP) is 0.415. The first kappa shape index (κ1) is 13.4. The van der Waals surface area contributed by atoms with E-state index in [9.17, 15) is 14.4 Å². The molecular weight excluding hydrogens is 290 g/mol. The molecule has 0 saturated heterocycles. The summed E-state index contributed by atoms with van der Waals surface area (Å²) in [4.78, 5) is 38.4. The molecule has 0 saturated carbocycles.